The van der Waals surface area contributed by atoms with Gasteiger partial charge in [0.05, 0.1) is 0 Å². The molecule has 1 aromatic carbocycles. The van der Waals surface area contributed by atoms with Gasteiger partial charge in [-0.25, -0.2) is 8.78 Å². The van der Waals surface area contributed by atoms with Crippen molar-refractivity contribution < 1.29 is 22.0 Å². The lowest BCUT2D eigenvalue weighted by atomic mass is 9.74. The molecule has 0 amide bonds. The Balaban J connectivity index is 1.44. The van der Waals surface area contributed by atoms with E-state index in [1.807, 2.05) is 0 Å². The van der Waals surface area contributed by atoms with Gasteiger partial charge in [0, 0.05) is 0 Å². The fourth-order valence-electron chi connectivity index (χ4n) is 5.44. The first-order valence-electron chi connectivity index (χ1n) is 11.4. The van der Waals surface area contributed by atoms with Gasteiger partial charge in [-0.05, 0) is 93.2 Å². The van der Waals surface area contributed by atoms with Crippen molar-refractivity contribution in [2.24, 2.45) is 17.8 Å². The quantitative estimate of drug-likeness (QED) is 0.314. The first-order chi connectivity index (χ1) is 14.3. The number of rotatable bonds is 6. The SMILES string of the molecule is C/C=C/CC1CCC(CCC2CCC(c3cc(F)c(C(F)(F)F)c(F)c3)CC2)CC1. The van der Waals surface area contributed by atoms with E-state index in [9.17, 15) is 22.0 Å². The van der Waals surface area contributed by atoms with Crippen molar-refractivity contribution in [1.82, 2.24) is 0 Å². The van der Waals surface area contributed by atoms with Crippen molar-refractivity contribution in [3.05, 3.63) is 47.0 Å². The molecule has 2 fully saturated rings. The standard InChI is InChI=1S/C25H33F5/c1-2-3-4-17-5-7-18(8-6-17)9-10-19-11-13-20(14-12-19)21-15-22(26)24(23(27)16-21)25(28,29)30/h2-3,15-20H,4-14H2,1H3/b3-2+. The Hall–Kier alpha value is -1.39. The molecule has 3 rings (SSSR count). The average molecular weight is 429 g/mol. The second kappa shape index (κ2) is 10.3. The number of halogens is 5. The molecule has 0 nitrogen and oxygen atoms in total. The predicted molar refractivity (Wildman–Crippen MR) is 110 cm³/mol. The summed E-state index contributed by atoms with van der Waals surface area (Å²) < 4.78 is 66.1. The molecular formula is C25H33F5. The summed E-state index contributed by atoms with van der Waals surface area (Å²) in [7, 11) is 0. The highest BCUT2D eigenvalue weighted by molar-refractivity contribution is 5.30. The van der Waals surface area contributed by atoms with E-state index in [1.54, 1.807) is 0 Å². The Morgan fingerprint density at radius 1 is 0.800 bits per heavy atom. The van der Waals surface area contributed by atoms with E-state index in [-0.39, 0.29) is 5.92 Å². The first-order valence-corrected chi connectivity index (χ1v) is 11.4. The highest BCUT2D eigenvalue weighted by Gasteiger charge is 2.38. The van der Waals surface area contributed by atoms with Gasteiger partial charge in [0.25, 0.3) is 0 Å². The van der Waals surface area contributed by atoms with Crippen molar-refractivity contribution >= 4 is 0 Å². The van der Waals surface area contributed by atoms with Gasteiger partial charge in [-0.2, -0.15) is 13.2 Å². The molecule has 2 aliphatic carbocycles. The van der Waals surface area contributed by atoms with Gasteiger partial charge in [-0.1, -0.05) is 37.8 Å². The molecule has 0 N–H and O–H groups in total. The Bertz CT molecular complexity index is 682. The molecule has 0 saturated heterocycles. The second-order valence-corrected chi connectivity index (χ2v) is 9.34. The lowest BCUT2D eigenvalue weighted by Crippen LogP contribution is -2.18. The van der Waals surface area contributed by atoms with Crippen molar-refractivity contribution in [3.63, 3.8) is 0 Å². The van der Waals surface area contributed by atoms with Gasteiger partial charge in [-0.3, -0.25) is 0 Å². The Labute approximate surface area is 176 Å². The highest BCUT2D eigenvalue weighted by atomic mass is 19.4. The molecule has 0 heterocycles. The Kier molecular flexibility index (Phi) is 7.98. The zero-order valence-electron chi connectivity index (χ0n) is 17.8. The number of alkyl halides is 3. The monoisotopic (exact) mass is 428 g/mol. The van der Waals surface area contributed by atoms with Gasteiger partial charge in [0.15, 0.2) is 0 Å². The highest BCUT2D eigenvalue weighted by Crippen LogP contribution is 2.42. The topological polar surface area (TPSA) is 0 Å². The van der Waals surface area contributed by atoms with Crippen LogP contribution in [0.15, 0.2) is 24.3 Å². The van der Waals surface area contributed by atoms with E-state index in [1.165, 1.54) is 44.9 Å². The maximum atomic E-state index is 13.9. The van der Waals surface area contributed by atoms with Gasteiger partial charge in [-0.15, -0.1) is 0 Å². The van der Waals surface area contributed by atoms with Crippen LogP contribution in [0.2, 0.25) is 0 Å². The summed E-state index contributed by atoms with van der Waals surface area (Å²) in [5.74, 6) is -0.741. The average Bonchev–Trinajstić information content (AvgIpc) is 2.70. The Morgan fingerprint density at radius 3 is 1.73 bits per heavy atom. The number of benzene rings is 1. The van der Waals surface area contributed by atoms with E-state index in [0.717, 1.165) is 49.7 Å². The molecule has 0 spiro atoms. The molecule has 0 atom stereocenters. The molecule has 30 heavy (non-hydrogen) atoms. The lowest BCUT2D eigenvalue weighted by molar-refractivity contribution is -0.142. The van der Waals surface area contributed by atoms with Crippen LogP contribution in [0.25, 0.3) is 0 Å². The van der Waals surface area contributed by atoms with E-state index in [4.69, 9.17) is 0 Å². The van der Waals surface area contributed by atoms with E-state index in [0.29, 0.717) is 11.5 Å². The number of allylic oxidation sites excluding steroid dienone is 2. The van der Waals surface area contributed by atoms with Crippen LogP contribution in [-0.2, 0) is 6.18 Å². The fraction of sp³-hybridized carbons (Fsp3) is 0.680. The third-order valence-electron chi connectivity index (χ3n) is 7.32. The molecule has 1 aromatic rings. The lowest BCUT2D eigenvalue weighted by Gasteiger charge is -2.32. The van der Waals surface area contributed by atoms with E-state index < -0.39 is 23.4 Å². The predicted octanol–water partition coefficient (Wildman–Crippen LogP) is 8.81. The molecular weight excluding hydrogens is 395 g/mol. The second-order valence-electron chi connectivity index (χ2n) is 9.34. The molecule has 168 valence electrons. The largest absolute Gasteiger partial charge is 0.422 e. The van der Waals surface area contributed by atoms with Crippen molar-refractivity contribution in [1.29, 1.82) is 0 Å². The van der Waals surface area contributed by atoms with Crippen LogP contribution in [0.5, 0.6) is 0 Å². The van der Waals surface area contributed by atoms with Crippen LogP contribution < -0.4 is 0 Å². The van der Waals surface area contributed by atoms with E-state index in [2.05, 4.69) is 19.1 Å². The molecule has 0 aliphatic heterocycles. The summed E-state index contributed by atoms with van der Waals surface area (Å²) in [5, 5.41) is 0. The van der Waals surface area contributed by atoms with Crippen molar-refractivity contribution in [3.8, 4) is 0 Å². The van der Waals surface area contributed by atoms with Crippen LogP contribution in [0.1, 0.15) is 94.6 Å². The van der Waals surface area contributed by atoms with Crippen LogP contribution in [0, 0.1) is 29.4 Å². The summed E-state index contributed by atoms with van der Waals surface area (Å²) in [6.07, 6.45) is 11.9. The minimum Gasteiger partial charge on any atom is -0.206 e. The van der Waals surface area contributed by atoms with Gasteiger partial charge >= 0.3 is 6.18 Å². The van der Waals surface area contributed by atoms with Crippen molar-refractivity contribution in [2.45, 2.75) is 89.6 Å². The minimum absolute atomic E-state index is 0.0467. The molecule has 0 radical (unpaired) electrons. The number of hydrogen-bond acceptors (Lipinski definition) is 0. The summed E-state index contributed by atoms with van der Waals surface area (Å²) in [6.45, 7) is 2.07. The zero-order valence-corrected chi connectivity index (χ0v) is 17.8. The summed E-state index contributed by atoms with van der Waals surface area (Å²) in [6, 6.07) is 1.78. The third kappa shape index (κ3) is 6.07. The van der Waals surface area contributed by atoms with Gasteiger partial charge < -0.3 is 0 Å². The van der Waals surface area contributed by atoms with Crippen molar-refractivity contribution in [2.75, 3.05) is 0 Å². The van der Waals surface area contributed by atoms with Crippen LogP contribution in [0.3, 0.4) is 0 Å². The van der Waals surface area contributed by atoms with Gasteiger partial charge in [0.2, 0.25) is 0 Å². The molecule has 0 bridgehead atoms. The minimum atomic E-state index is -5.00. The normalized spacial score (nSPS) is 28.2. The molecule has 0 unspecified atom stereocenters. The van der Waals surface area contributed by atoms with Crippen LogP contribution in [0.4, 0.5) is 22.0 Å². The van der Waals surface area contributed by atoms with Crippen LogP contribution >= 0.6 is 0 Å². The molecule has 0 aromatic heterocycles. The maximum Gasteiger partial charge on any atom is 0.422 e. The van der Waals surface area contributed by atoms with Crippen LogP contribution in [-0.4, -0.2) is 0 Å². The molecule has 2 aliphatic rings. The summed E-state index contributed by atoms with van der Waals surface area (Å²) in [4.78, 5) is 0. The Morgan fingerprint density at radius 2 is 1.27 bits per heavy atom. The number of hydrogen-bond donors (Lipinski definition) is 0. The maximum absolute atomic E-state index is 13.9. The smallest absolute Gasteiger partial charge is 0.206 e. The molecule has 2 saturated carbocycles. The van der Waals surface area contributed by atoms with E-state index >= 15 is 0 Å². The third-order valence-corrected chi connectivity index (χ3v) is 7.32. The zero-order chi connectivity index (χ0) is 21.7. The fourth-order valence-corrected chi connectivity index (χ4v) is 5.44. The molecule has 5 heteroatoms. The van der Waals surface area contributed by atoms with Gasteiger partial charge in [0.1, 0.15) is 17.2 Å². The summed E-state index contributed by atoms with van der Waals surface area (Å²) in [5.41, 5.74) is -1.41. The summed E-state index contributed by atoms with van der Waals surface area (Å²) >= 11 is 0. The first kappa shape index (κ1) is 23.3.